The Balaban J connectivity index is 1.96. The Bertz CT molecular complexity index is 676. The van der Waals surface area contributed by atoms with E-state index in [1.54, 1.807) is 19.2 Å². The molecule has 0 spiro atoms. The highest BCUT2D eigenvalue weighted by Crippen LogP contribution is 2.24. The van der Waals surface area contributed by atoms with E-state index in [0.29, 0.717) is 55.8 Å². The molecule has 2 rings (SSSR count). The zero-order chi connectivity index (χ0) is 18.9. The van der Waals surface area contributed by atoms with Crippen molar-refractivity contribution < 1.29 is 23.5 Å². The van der Waals surface area contributed by atoms with E-state index >= 15 is 0 Å². The predicted octanol–water partition coefficient (Wildman–Crippen LogP) is 2.09. The number of hydrogen-bond acceptors (Lipinski definition) is 4. The van der Waals surface area contributed by atoms with E-state index in [1.165, 1.54) is 4.90 Å². The van der Waals surface area contributed by atoms with Crippen molar-refractivity contribution in [1.29, 1.82) is 0 Å². The Labute approximate surface area is 153 Å². The fourth-order valence-corrected chi connectivity index (χ4v) is 2.66. The summed E-state index contributed by atoms with van der Waals surface area (Å²) in [6.45, 7) is 3.40. The van der Waals surface area contributed by atoms with E-state index in [1.807, 2.05) is 13.0 Å². The fourth-order valence-electron chi connectivity index (χ4n) is 2.66. The molecule has 0 fully saturated rings. The third-order valence-corrected chi connectivity index (χ3v) is 4.24. The molecule has 0 unspecified atom stereocenters. The van der Waals surface area contributed by atoms with Gasteiger partial charge in [0.15, 0.2) is 0 Å². The molecule has 2 amide bonds. The predicted molar refractivity (Wildman–Crippen MR) is 95.9 cm³/mol. The van der Waals surface area contributed by atoms with Crippen LogP contribution in [0.25, 0.3) is 0 Å². The van der Waals surface area contributed by atoms with Crippen LogP contribution >= 0.6 is 0 Å². The Morgan fingerprint density at radius 3 is 2.92 bits per heavy atom. The normalized spacial score (nSPS) is 14.2. The van der Waals surface area contributed by atoms with Gasteiger partial charge >= 0.3 is 0 Å². The summed E-state index contributed by atoms with van der Waals surface area (Å²) in [4.78, 5) is 26.0. The zero-order valence-corrected chi connectivity index (χ0v) is 15.2. The molecule has 0 aliphatic carbocycles. The first kappa shape index (κ1) is 19.9. The number of carbonyl (C=O) groups is 2. The van der Waals surface area contributed by atoms with Gasteiger partial charge in [0, 0.05) is 25.8 Å². The summed E-state index contributed by atoms with van der Waals surface area (Å²) >= 11 is 0. The number of nitrogens with one attached hydrogen (secondary N) is 1. The van der Waals surface area contributed by atoms with Gasteiger partial charge in [0.1, 0.15) is 12.4 Å². The third kappa shape index (κ3) is 5.29. The van der Waals surface area contributed by atoms with E-state index in [4.69, 9.17) is 9.47 Å². The lowest BCUT2D eigenvalue weighted by molar-refractivity contribution is -0.122. The van der Waals surface area contributed by atoms with E-state index in [0.717, 1.165) is 5.56 Å². The molecule has 0 atom stereocenters. The maximum atomic E-state index is 12.6. The van der Waals surface area contributed by atoms with E-state index in [-0.39, 0.29) is 25.0 Å². The number of amides is 2. The summed E-state index contributed by atoms with van der Waals surface area (Å²) in [5.41, 5.74) is 2.03. The third-order valence-electron chi connectivity index (χ3n) is 4.24. The van der Waals surface area contributed by atoms with Gasteiger partial charge in [0.05, 0.1) is 19.5 Å². The maximum absolute atomic E-state index is 12.6. The van der Waals surface area contributed by atoms with Crippen LogP contribution in [0.2, 0.25) is 0 Å². The number of halogens is 1. The van der Waals surface area contributed by atoms with Gasteiger partial charge in [-0.15, -0.1) is 0 Å². The van der Waals surface area contributed by atoms with Crippen LogP contribution in [0.5, 0.6) is 5.75 Å². The van der Waals surface area contributed by atoms with Gasteiger partial charge in [-0.2, -0.15) is 0 Å². The first-order valence-corrected chi connectivity index (χ1v) is 8.67. The largest absolute Gasteiger partial charge is 0.489 e. The van der Waals surface area contributed by atoms with Crippen LogP contribution in [0.15, 0.2) is 30.1 Å². The Morgan fingerprint density at radius 2 is 2.23 bits per heavy atom. The molecule has 7 heteroatoms. The van der Waals surface area contributed by atoms with Gasteiger partial charge in [-0.25, -0.2) is 4.39 Å². The second-order valence-corrected chi connectivity index (χ2v) is 6.05. The van der Waals surface area contributed by atoms with Gasteiger partial charge in [0.2, 0.25) is 5.91 Å². The van der Waals surface area contributed by atoms with Crippen LogP contribution < -0.4 is 10.1 Å². The first-order chi connectivity index (χ1) is 12.6. The van der Waals surface area contributed by atoms with Gasteiger partial charge in [-0.3, -0.25) is 9.59 Å². The zero-order valence-electron chi connectivity index (χ0n) is 15.2. The maximum Gasteiger partial charge on any atom is 0.254 e. The van der Waals surface area contributed by atoms with Gasteiger partial charge in [0.25, 0.3) is 5.91 Å². The van der Waals surface area contributed by atoms with Gasteiger partial charge in [-0.1, -0.05) is 6.92 Å². The highest BCUT2D eigenvalue weighted by atomic mass is 19.1. The summed E-state index contributed by atoms with van der Waals surface area (Å²) in [7, 11) is 1.56. The summed E-state index contributed by atoms with van der Waals surface area (Å²) < 4.78 is 23.1. The van der Waals surface area contributed by atoms with Crippen molar-refractivity contribution in [3.63, 3.8) is 0 Å². The van der Waals surface area contributed by atoms with Crippen LogP contribution in [0.4, 0.5) is 4.39 Å². The van der Waals surface area contributed by atoms with Crippen molar-refractivity contribution in [3.8, 4) is 5.75 Å². The summed E-state index contributed by atoms with van der Waals surface area (Å²) in [6.07, 6.45) is 1.79. The van der Waals surface area contributed by atoms with Crippen molar-refractivity contribution in [2.45, 2.75) is 19.8 Å². The lowest BCUT2D eigenvalue weighted by Gasteiger charge is -2.28. The number of hydrogen-bond donors (Lipinski definition) is 1. The molecule has 142 valence electrons. The second kappa shape index (κ2) is 9.91. The average Bonchev–Trinajstić information content (AvgIpc) is 2.65. The number of carbonyl (C=O) groups excluding carboxylic acids is 2. The summed E-state index contributed by atoms with van der Waals surface area (Å²) in [5.74, 6) is 0.233. The van der Waals surface area contributed by atoms with Crippen LogP contribution in [-0.4, -0.2) is 56.7 Å². The van der Waals surface area contributed by atoms with Crippen molar-refractivity contribution >= 4 is 11.8 Å². The molecule has 1 aliphatic rings. The van der Waals surface area contributed by atoms with Crippen molar-refractivity contribution in [2.75, 3.05) is 40.0 Å². The van der Waals surface area contributed by atoms with E-state index in [9.17, 15) is 14.0 Å². The minimum atomic E-state index is -0.205. The monoisotopic (exact) mass is 364 g/mol. The molecular weight excluding hydrogens is 339 g/mol. The van der Waals surface area contributed by atoms with Crippen molar-refractivity contribution in [1.82, 2.24) is 10.2 Å². The number of ether oxygens (including phenoxy) is 2. The lowest BCUT2D eigenvalue weighted by Crippen LogP contribution is -2.44. The van der Waals surface area contributed by atoms with Gasteiger partial charge in [-0.05, 0) is 42.2 Å². The number of fused-ring (bicyclic) bond motifs is 1. The van der Waals surface area contributed by atoms with Crippen LogP contribution in [-0.2, 0) is 16.0 Å². The highest BCUT2D eigenvalue weighted by molar-refractivity contribution is 5.98. The molecule has 1 heterocycles. The molecule has 0 radical (unpaired) electrons. The van der Waals surface area contributed by atoms with Crippen LogP contribution in [0.1, 0.15) is 29.3 Å². The molecule has 0 saturated carbocycles. The summed E-state index contributed by atoms with van der Waals surface area (Å²) in [5, 5.41) is 2.71. The Morgan fingerprint density at radius 1 is 1.42 bits per heavy atom. The Hall–Kier alpha value is -2.41. The summed E-state index contributed by atoms with van der Waals surface area (Å²) in [6, 6.07) is 5.21. The van der Waals surface area contributed by atoms with E-state index in [2.05, 4.69) is 5.32 Å². The molecule has 0 aromatic heterocycles. The molecule has 6 nitrogen and oxygen atoms in total. The lowest BCUT2D eigenvalue weighted by atomic mass is 9.98. The number of rotatable bonds is 9. The number of nitrogens with zero attached hydrogens (tertiary/aromatic N) is 1. The molecule has 1 aromatic rings. The van der Waals surface area contributed by atoms with E-state index < -0.39 is 0 Å². The van der Waals surface area contributed by atoms with Crippen LogP contribution in [0, 0.1) is 0 Å². The quantitative estimate of drug-likeness (QED) is 0.682. The molecule has 1 aliphatic heterocycles. The number of benzene rings is 1. The Kier molecular flexibility index (Phi) is 7.59. The minimum absolute atomic E-state index is 0.0292. The second-order valence-electron chi connectivity index (χ2n) is 6.05. The highest BCUT2D eigenvalue weighted by Gasteiger charge is 2.26. The molecule has 26 heavy (non-hydrogen) atoms. The van der Waals surface area contributed by atoms with Crippen LogP contribution in [0.3, 0.4) is 0 Å². The van der Waals surface area contributed by atoms with Crippen molar-refractivity contribution in [2.24, 2.45) is 0 Å². The molecular formula is C19H25FN2O4. The smallest absolute Gasteiger partial charge is 0.254 e. The first-order valence-electron chi connectivity index (χ1n) is 8.67. The average molecular weight is 364 g/mol. The SMILES string of the molecule is CC/C(=C\F)COc1ccc2c(c1)CCN(CC(=O)NCCOC)C2=O. The molecule has 1 aromatic carbocycles. The molecule has 0 bridgehead atoms. The van der Waals surface area contributed by atoms with Crippen molar-refractivity contribution in [3.05, 3.63) is 41.2 Å². The standard InChI is InChI=1S/C19H25FN2O4/c1-3-14(11-20)13-26-16-4-5-17-15(10-16)6-8-22(19(17)24)12-18(23)21-7-9-25-2/h4-5,10-11H,3,6-9,12-13H2,1-2H3,(H,21,23)/b14-11+. The molecule has 0 saturated heterocycles. The fraction of sp³-hybridized carbons (Fsp3) is 0.474. The number of methoxy groups -OCH3 is 1. The minimum Gasteiger partial charge on any atom is -0.489 e. The topological polar surface area (TPSA) is 67.9 Å². The van der Waals surface area contributed by atoms with Gasteiger partial charge < -0.3 is 19.7 Å². The molecule has 1 N–H and O–H groups in total.